The summed E-state index contributed by atoms with van der Waals surface area (Å²) in [6, 6.07) is 2.76. The van der Waals surface area contributed by atoms with Crippen LogP contribution in [0, 0.1) is 0 Å². The third-order valence-corrected chi connectivity index (χ3v) is 3.11. The topological polar surface area (TPSA) is 41.1 Å². The van der Waals surface area contributed by atoms with E-state index in [-0.39, 0.29) is 0 Å². The minimum atomic E-state index is 0.703. The van der Waals surface area contributed by atoms with Gasteiger partial charge in [0.05, 0.1) is 0 Å². The molecule has 2 rings (SSSR count). The van der Waals surface area contributed by atoms with Gasteiger partial charge in [-0.25, -0.2) is 9.97 Å². The van der Waals surface area contributed by atoms with E-state index in [1.54, 1.807) is 0 Å². The van der Waals surface area contributed by atoms with Crippen LogP contribution in [0.5, 0.6) is 0 Å². The van der Waals surface area contributed by atoms with E-state index >= 15 is 0 Å². The fourth-order valence-corrected chi connectivity index (χ4v) is 2.09. The van der Waals surface area contributed by atoms with Crippen molar-refractivity contribution < 1.29 is 0 Å². The smallest absolute Gasteiger partial charge is 0.134 e. The SMILES string of the molecule is CCCc1nc(NC)cc(N(CC)C2CC2)n1. The van der Waals surface area contributed by atoms with Crippen LogP contribution in [-0.4, -0.2) is 29.6 Å². The Kier molecular flexibility index (Phi) is 3.82. The van der Waals surface area contributed by atoms with Crippen molar-refractivity contribution in [2.45, 2.75) is 45.6 Å². The quantitative estimate of drug-likeness (QED) is 0.821. The summed E-state index contributed by atoms with van der Waals surface area (Å²) >= 11 is 0. The van der Waals surface area contributed by atoms with Gasteiger partial charge in [0.15, 0.2) is 0 Å². The highest BCUT2D eigenvalue weighted by Gasteiger charge is 2.29. The van der Waals surface area contributed by atoms with Crippen molar-refractivity contribution in [3.8, 4) is 0 Å². The molecule has 4 heteroatoms. The zero-order chi connectivity index (χ0) is 12.3. The van der Waals surface area contributed by atoms with Gasteiger partial charge in [-0.2, -0.15) is 0 Å². The van der Waals surface area contributed by atoms with Gasteiger partial charge in [0.25, 0.3) is 0 Å². The van der Waals surface area contributed by atoms with Crippen molar-refractivity contribution >= 4 is 11.6 Å². The number of aryl methyl sites for hydroxylation is 1. The second-order valence-corrected chi connectivity index (χ2v) is 4.54. The van der Waals surface area contributed by atoms with Crippen LogP contribution in [0.2, 0.25) is 0 Å². The highest BCUT2D eigenvalue weighted by atomic mass is 15.2. The second-order valence-electron chi connectivity index (χ2n) is 4.54. The molecule has 0 unspecified atom stereocenters. The number of hydrogen-bond acceptors (Lipinski definition) is 4. The summed E-state index contributed by atoms with van der Waals surface area (Å²) in [5.41, 5.74) is 0. The van der Waals surface area contributed by atoms with Crippen molar-refractivity contribution in [1.29, 1.82) is 0 Å². The van der Waals surface area contributed by atoms with E-state index in [2.05, 4.69) is 40.1 Å². The largest absolute Gasteiger partial charge is 0.373 e. The molecule has 0 aliphatic heterocycles. The van der Waals surface area contributed by atoms with Crippen LogP contribution in [0.4, 0.5) is 11.6 Å². The van der Waals surface area contributed by atoms with E-state index in [0.717, 1.165) is 36.8 Å². The predicted octanol–water partition coefficient (Wildman–Crippen LogP) is 2.46. The molecular weight excluding hydrogens is 212 g/mol. The molecule has 94 valence electrons. The normalized spacial score (nSPS) is 14.8. The van der Waals surface area contributed by atoms with Gasteiger partial charge in [-0.15, -0.1) is 0 Å². The standard InChI is InChI=1S/C13H22N4/c1-4-6-11-15-12(14-3)9-13(16-11)17(5-2)10-7-8-10/h9-10H,4-8H2,1-3H3,(H,14,15,16). The van der Waals surface area contributed by atoms with Crippen LogP contribution >= 0.6 is 0 Å². The Hall–Kier alpha value is -1.32. The van der Waals surface area contributed by atoms with Crippen LogP contribution < -0.4 is 10.2 Å². The Morgan fingerprint density at radius 1 is 1.35 bits per heavy atom. The summed E-state index contributed by atoms with van der Waals surface area (Å²) in [5, 5.41) is 3.13. The van der Waals surface area contributed by atoms with Crippen molar-refractivity contribution in [2.75, 3.05) is 23.8 Å². The first-order chi connectivity index (χ1) is 8.28. The predicted molar refractivity (Wildman–Crippen MR) is 71.6 cm³/mol. The molecule has 0 bridgehead atoms. The number of rotatable bonds is 6. The molecule has 0 atom stereocenters. The third kappa shape index (κ3) is 2.87. The van der Waals surface area contributed by atoms with Crippen LogP contribution in [0.15, 0.2) is 6.07 Å². The van der Waals surface area contributed by atoms with Crippen molar-refractivity contribution in [3.05, 3.63) is 11.9 Å². The average molecular weight is 234 g/mol. The second kappa shape index (κ2) is 5.34. The van der Waals surface area contributed by atoms with Crippen molar-refractivity contribution in [2.24, 2.45) is 0 Å². The lowest BCUT2D eigenvalue weighted by atomic mass is 10.3. The molecule has 0 aromatic carbocycles. The Balaban J connectivity index is 2.27. The molecular formula is C13H22N4. The molecule has 0 radical (unpaired) electrons. The highest BCUT2D eigenvalue weighted by Crippen LogP contribution is 2.31. The van der Waals surface area contributed by atoms with E-state index in [4.69, 9.17) is 0 Å². The Morgan fingerprint density at radius 2 is 2.12 bits per heavy atom. The lowest BCUT2D eigenvalue weighted by molar-refractivity contribution is 0.778. The van der Waals surface area contributed by atoms with Crippen LogP contribution in [0.3, 0.4) is 0 Å². The summed E-state index contributed by atoms with van der Waals surface area (Å²) in [6.45, 7) is 5.38. The summed E-state index contributed by atoms with van der Waals surface area (Å²) in [6.07, 6.45) is 4.64. The van der Waals surface area contributed by atoms with E-state index in [1.165, 1.54) is 12.8 Å². The van der Waals surface area contributed by atoms with Gasteiger partial charge < -0.3 is 10.2 Å². The molecule has 1 heterocycles. The molecule has 0 saturated heterocycles. The zero-order valence-electron chi connectivity index (χ0n) is 11.0. The Labute approximate surface area is 103 Å². The molecule has 4 nitrogen and oxygen atoms in total. The molecule has 1 aromatic rings. The average Bonchev–Trinajstić information content (AvgIpc) is 3.15. The summed E-state index contributed by atoms with van der Waals surface area (Å²) < 4.78 is 0. The molecule has 1 aliphatic carbocycles. The lowest BCUT2D eigenvalue weighted by Gasteiger charge is -2.22. The van der Waals surface area contributed by atoms with Gasteiger partial charge in [-0.3, -0.25) is 0 Å². The molecule has 1 fully saturated rings. The van der Waals surface area contributed by atoms with Gasteiger partial charge in [-0.1, -0.05) is 6.92 Å². The maximum Gasteiger partial charge on any atom is 0.134 e. The fourth-order valence-electron chi connectivity index (χ4n) is 2.09. The van der Waals surface area contributed by atoms with Crippen molar-refractivity contribution in [3.63, 3.8) is 0 Å². The minimum absolute atomic E-state index is 0.703. The van der Waals surface area contributed by atoms with Crippen molar-refractivity contribution in [1.82, 2.24) is 9.97 Å². The Morgan fingerprint density at radius 3 is 2.65 bits per heavy atom. The first-order valence-corrected chi connectivity index (χ1v) is 6.60. The summed E-state index contributed by atoms with van der Waals surface area (Å²) in [4.78, 5) is 11.6. The van der Waals surface area contributed by atoms with Gasteiger partial charge in [0, 0.05) is 32.1 Å². The summed E-state index contributed by atoms with van der Waals surface area (Å²) in [7, 11) is 1.91. The number of aromatic nitrogens is 2. The number of anilines is 2. The fraction of sp³-hybridized carbons (Fsp3) is 0.692. The monoisotopic (exact) mass is 234 g/mol. The summed E-state index contributed by atoms with van der Waals surface area (Å²) in [5.74, 6) is 2.96. The van der Waals surface area contributed by atoms with Crippen LogP contribution in [0.1, 0.15) is 38.9 Å². The van der Waals surface area contributed by atoms with E-state index in [0.29, 0.717) is 6.04 Å². The number of nitrogens with zero attached hydrogens (tertiary/aromatic N) is 3. The van der Waals surface area contributed by atoms with Gasteiger partial charge >= 0.3 is 0 Å². The minimum Gasteiger partial charge on any atom is -0.373 e. The Bertz CT molecular complexity index is 374. The van der Waals surface area contributed by atoms with Crippen LogP contribution in [-0.2, 0) is 6.42 Å². The first-order valence-electron chi connectivity index (χ1n) is 6.60. The third-order valence-electron chi connectivity index (χ3n) is 3.11. The van der Waals surface area contributed by atoms with Gasteiger partial charge in [0.1, 0.15) is 17.5 Å². The molecule has 1 N–H and O–H groups in total. The molecule has 0 spiro atoms. The molecule has 0 amide bonds. The number of nitrogens with one attached hydrogen (secondary N) is 1. The molecule has 1 saturated carbocycles. The zero-order valence-corrected chi connectivity index (χ0v) is 11.0. The van der Waals surface area contributed by atoms with E-state index in [9.17, 15) is 0 Å². The highest BCUT2D eigenvalue weighted by molar-refractivity contribution is 5.50. The molecule has 17 heavy (non-hydrogen) atoms. The molecule has 1 aliphatic rings. The lowest BCUT2D eigenvalue weighted by Crippen LogP contribution is -2.26. The molecule has 1 aromatic heterocycles. The van der Waals surface area contributed by atoms with Gasteiger partial charge in [-0.05, 0) is 26.2 Å². The van der Waals surface area contributed by atoms with Gasteiger partial charge in [0.2, 0.25) is 0 Å². The number of hydrogen-bond donors (Lipinski definition) is 1. The maximum absolute atomic E-state index is 4.68. The van der Waals surface area contributed by atoms with E-state index < -0.39 is 0 Å². The van der Waals surface area contributed by atoms with E-state index in [1.807, 2.05) is 7.05 Å². The maximum atomic E-state index is 4.68. The first kappa shape index (κ1) is 12.1. The van der Waals surface area contributed by atoms with Crippen LogP contribution in [0.25, 0.3) is 0 Å².